The van der Waals surface area contributed by atoms with Crippen molar-refractivity contribution < 1.29 is 27.1 Å². The molecule has 20 heavy (non-hydrogen) atoms. The van der Waals surface area contributed by atoms with Crippen molar-refractivity contribution in [3.8, 4) is 0 Å². The van der Waals surface area contributed by atoms with Crippen molar-refractivity contribution in [3.05, 3.63) is 33.8 Å². The summed E-state index contributed by atoms with van der Waals surface area (Å²) in [6, 6.07) is 4.46. The maximum absolute atomic E-state index is 12.5. The molecule has 0 spiro atoms. The summed E-state index contributed by atoms with van der Waals surface area (Å²) in [4.78, 5) is 11.5. The van der Waals surface area contributed by atoms with Gasteiger partial charge in [0.25, 0.3) is 0 Å². The van der Waals surface area contributed by atoms with Crippen LogP contribution in [0.4, 0.5) is 17.6 Å². The number of rotatable bonds is 7. The van der Waals surface area contributed by atoms with Gasteiger partial charge in [-0.15, -0.1) is 0 Å². The molecular weight excluding hydrogens is 323 g/mol. The van der Waals surface area contributed by atoms with E-state index in [1.165, 1.54) is 18.2 Å². The zero-order valence-corrected chi connectivity index (χ0v) is 11.5. The summed E-state index contributed by atoms with van der Waals surface area (Å²) in [5, 5.41) is 0.656. The molecular formula is C12H10Cl2F4O2. The zero-order chi connectivity index (χ0) is 15.3. The van der Waals surface area contributed by atoms with E-state index in [9.17, 15) is 22.4 Å². The molecule has 0 bridgehead atoms. The van der Waals surface area contributed by atoms with E-state index >= 15 is 0 Å². The van der Waals surface area contributed by atoms with E-state index in [4.69, 9.17) is 23.2 Å². The normalized spacial score (nSPS) is 11.9. The third kappa shape index (κ3) is 5.26. The molecule has 112 valence electrons. The van der Waals surface area contributed by atoms with Crippen LogP contribution in [0, 0.1) is 0 Å². The Morgan fingerprint density at radius 1 is 1.30 bits per heavy atom. The van der Waals surface area contributed by atoms with Crippen LogP contribution in [0.5, 0.6) is 0 Å². The molecule has 0 N–H and O–H groups in total. The molecule has 8 heteroatoms. The summed E-state index contributed by atoms with van der Waals surface area (Å²) in [5.74, 6) is -4.84. The number of hydrogen-bond acceptors (Lipinski definition) is 2. The highest BCUT2D eigenvalue weighted by atomic mass is 35.5. The summed E-state index contributed by atoms with van der Waals surface area (Å²) in [5.41, 5.74) is 0.411. The first-order valence-corrected chi connectivity index (χ1v) is 6.17. The molecule has 1 rings (SSSR count). The summed E-state index contributed by atoms with van der Waals surface area (Å²) in [6.07, 6.45) is -4.01. The Morgan fingerprint density at radius 3 is 2.55 bits per heavy atom. The zero-order valence-electron chi connectivity index (χ0n) is 10.0. The largest absolute Gasteiger partial charge is 0.367 e. The van der Waals surface area contributed by atoms with Gasteiger partial charge in [-0.25, -0.2) is 8.78 Å². The van der Waals surface area contributed by atoms with Gasteiger partial charge in [0, 0.05) is 16.5 Å². The molecule has 1 aromatic carbocycles. The topological polar surface area (TPSA) is 26.3 Å². The number of ether oxygens (including phenoxy) is 1. The number of Topliss-reactive ketones (excluding diaryl/α,β-unsaturated/α-hetero) is 1. The molecule has 0 radical (unpaired) electrons. The highest BCUT2D eigenvalue weighted by molar-refractivity contribution is 6.33. The molecule has 0 saturated carbocycles. The third-order valence-electron chi connectivity index (χ3n) is 2.27. The second-order valence-electron chi connectivity index (χ2n) is 4.01. The SMILES string of the molecule is O=C(COCC(F)(F)C(F)F)Cc1cc(Cl)ccc1Cl. The van der Waals surface area contributed by atoms with Crippen LogP contribution < -0.4 is 0 Å². The summed E-state index contributed by atoms with van der Waals surface area (Å²) >= 11 is 11.5. The van der Waals surface area contributed by atoms with Gasteiger partial charge in [0.15, 0.2) is 5.78 Å². The summed E-state index contributed by atoms with van der Waals surface area (Å²) in [6.45, 7) is -2.22. The molecule has 0 aliphatic carbocycles. The molecule has 0 fully saturated rings. The van der Waals surface area contributed by atoms with Gasteiger partial charge in [-0.2, -0.15) is 8.78 Å². The third-order valence-corrected chi connectivity index (χ3v) is 2.88. The molecule has 0 saturated heterocycles. The average molecular weight is 333 g/mol. The predicted octanol–water partition coefficient (Wildman–Crippen LogP) is 4.02. The Labute approximate surface area is 122 Å². The Balaban J connectivity index is 2.47. The molecule has 0 heterocycles. The second-order valence-corrected chi connectivity index (χ2v) is 4.85. The maximum atomic E-state index is 12.5. The highest BCUT2D eigenvalue weighted by Crippen LogP contribution is 2.23. The van der Waals surface area contributed by atoms with Crippen LogP contribution in [0.15, 0.2) is 18.2 Å². The van der Waals surface area contributed by atoms with E-state index in [-0.39, 0.29) is 6.42 Å². The van der Waals surface area contributed by atoms with Crippen molar-refractivity contribution in [1.82, 2.24) is 0 Å². The second kappa shape index (κ2) is 7.24. The number of carbonyl (C=O) groups excluding carboxylic acids is 1. The Kier molecular flexibility index (Phi) is 6.23. The van der Waals surface area contributed by atoms with E-state index in [0.29, 0.717) is 15.6 Å². The monoisotopic (exact) mass is 332 g/mol. The number of alkyl halides is 4. The fourth-order valence-electron chi connectivity index (χ4n) is 1.31. The molecule has 0 amide bonds. The molecule has 0 atom stereocenters. The van der Waals surface area contributed by atoms with Gasteiger partial charge in [0.05, 0.1) is 0 Å². The number of carbonyl (C=O) groups is 1. The van der Waals surface area contributed by atoms with Crippen LogP contribution in [0.1, 0.15) is 5.56 Å². The van der Waals surface area contributed by atoms with Crippen molar-refractivity contribution in [3.63, 3.8) is 0 Å². The Bertz CT molecular complexity index is 481. The molecule has 0 aliphatic rings. The van der Waals surface area contributed by atoms with Crippen LogP contribution in [0.25, 0.3) is 0 Å². The van der Waals surface area contributed by atoms with Crippen LogP contribution in [0.2, 0.25) is 10.0 Å². The van der Waals surface area contributed by atoms with Gasteiger partial charge >= 0.3 is 12.3 Å². The maximum Gasteiger partial charge on any atom is 0.330 e. The number of hydrogen-bond donors (Lipinski definition) is 0. The van der Waals surface area contributed by atoms with Crippen molar-refractivity contribution >= 4 is 29.0 Å². The molecule has 1 aromatic rings. The smallest absolute Gasteiger partial charge is 0.330 e. The average Bonchev–Trinajstić information content (AvgIpc) is 2.33. The van der Waals surface area contributed by atoms with Gasteiger partial charge in [-0.1, -0.05) is 23.2 Å². The first-order chi connectivity index (χ1) is 9.22. The van der Waals surface area contributed by atoms with Crippen LogP contribution >= 0.6 is 23.2 Å². The van der Waals surface area contributed by atoms with E-state index in [1.54, 1.807) is 0 Å². The first-order valence-electron chi connectivity index (χ1n) is 5.41. The first kappa shape index (κ1) is 17.2. The predicted molar refractivity (Wildman–Crippen MR) is 66.9 cm³/mol. The summed E-state index contributed by atoms with van der Waals surface area (Å²) in [7, 11) is 0. The number of halogens is 6. The van der Waals surface area contributed by atoms with Gasteiger partial charge in [0.2, 0.25) is 0 Å². The van der Waals surface area contributed by atoms with Crippen LogP contribution in [-0.4, -0.2) is 31.3 Å². The summed E-state index contributed by atoms with van der Waals surface area (Å²) < 4.78 is 53.0. The van der Waals surface area contributed by atoms with E-state index in [2.05, 4.69) is 4.74 Å². The van der Waals surface area contributed by atoms with Crippen molar-refractivity contribution in [2.24, 2.45) is 0 Å². The van der Waals surface area contributed by atoms with E-state index in [0.717, 1.165) is 0 Å². The number of benzene rings is 1. The van der Waals surface area contributed by atoms with Crippen LogP contribution in [-0.2, 0) is 16.0 Å². The quantitative estimate of drug-likeness (QED) is 0.705. The van der Waals surface area contributed by atoms with E-state index < -0.39 is 31.3 Å². The van der Waals surface area contributed by atoms with E-state index in [1.807, 2.05) is 0 Å². The minimum atomic E-state index is -4.27. The molecule has 0 aliphatic heterocycles. The van der Waals surface area contributed by atoms with Gasteiger partial charge in [-0.05, 0) is 23.8 Å². The fourth-order valence-corrected chi connectivity index (χ4v) is 1.69. The van der Waals surface area contributed by atoms with Crippen molar-refractivity contribution in [1.29, 1.82) is 0 Å². The molecule has 0 aromatic heterocycles. The fraction of sp³-hybridized carbons (Fsp3) is 0.417. The lowest BCUT2D eigenvalue weighted by Gasteiger charge is -2.14. The Morgan fingerprint density at radius 2 is 1.95 bits per heavy atom. The molecule has 2 nitrogen and oxygen atoms in total. The lowest BCUT2D eigenvalue weighted by Crippen LogP contribution is -2.33. The lowest BCUT2D eigenvalue weighted by molar-refractivity contribution is -0.168. The Hall–Kier alpha value is -0.850. The minimum absolute atomic E-state index is 0.181. The highest BCUT2D eigenvalue weighted by Gasteiger charge is 2.41. The van der Waals surface area contributed by atoms with Gasteiger partial charge in [-0.3, -0.25) is 4.79 Å². The molecule has 0 unspecified atom stereocenters. The minimum Gasteiger partial charge on any atom is -0.367 e. The van der Waals surface area contributed by atoms with Crippen LogP contribution in [0.3, 0.4) is 0 Å². The lowest BCUT2D eigenvalue weighted by atomic mass is 10.1. The van der Waals surface area contributed by atoms with Crippen molar-refractivity contribution in [2.75, 3.05) is 13.2 Å². The van der Waals surface area contributed by atoms with Gasteiger partial charge < -0.3 is 4.74 Å². The van der Waals surface area contributed by atoms with Gasteiger partial charge in [0.1, 0.15) is 13.2 Å². The van der Waals surface area contributed by atoms with Crippen molar-refractivity contribution in [2.45, 2.75) is 18.8 Å². The number of ketones is 1. The standard InChI is InChI=1S/C12H10Cl2F4O2/c13-8-1-2-10(14)7(3-8)4-9(19)5-20-6-12(17,18)11(15)16/h1-3,11H,4-6H2.